The second-order valence-electron chi connectivity index (χ2n) is 5.56. The van der Waals surface area contributed by atoms with Crippen molar-refractivity contribution in [2.24, 2.45) is 5.92 Å². The number of benzene rings is 1. The maximum absolute atomic E-state index is 12.6. The Morgan fingerprint density at radius 3 is 2.57 bits per heavy atom. The van der Waals surface area contributed by atoms with Gasteiger partial charge in [0, 0.05) is 28.8 Å². The van der Waals surface area contributed by atoms with Crippen LogP contribution in [0.25, 0.3) is 0 Å². The molecule has 0 N–H and O–H groups in total. The highest BCUT2D eigenvalue weighted by Gasteiger charge is 2.28. The van der Waals surface area contributed by atoms with Crippen LogP contribution < -0.4 is 0 Å². The average Bonchev–Trinajstić information content (AvgIpc) is 2.37. The van der Waals surface area contributed by atoms with Crippen molar-refractivity contribution in [3.05, 3.63) is 28.8 Å². The SMILES string of the molecule is CC1CCN(C(=O)c2ccc(Cl)c(S(=O)(=O)Cl)c2)C(C)C1. The second-order valence-corrected chi connectivity index (χ2v) is 8.50. The number of halogens is 2. The Balaban J connectivity index is 2.32. The van der Waals surface area contributed by atoms with Gasteiger partial charge in [-0.1, -0.05) is 18.5 Å². The molecule has 0 radical (unpaired) electrons. The summed E-state index contributed by atoms with van der Waals surface area (Å²) in [5, 5.41) is 0.0156. The Hall–Kier alpha value is -0.780. The number of amides is 1. The summed E-state index contributed by atoms with van der Waals surface area (Å²) in [7, 11) is 1.36. The number of likely N-dealkylation sites (tertiary alicyclic amines) is 1. The van der Waals surface area contributed by atoms with Gasteiger partial charge in [0.05, 0.1) is 5.02 Å². The van der Waals surface area contributed by atoms with Crippen LogP contribution in [0.15, 0.2) is 23.1 Å². The van der Waals surface area contributed by atoms with Crippen molar-refractivity contribution in [2.75, 3.05) is 6.54 Å². The molecular weight excluding hydrogens is 333 g/mol. The van der Waals surface area contributed by atoms with E-state index in [-0.39, 0.29) is 21.9 Å². The minimum absolute atomic E-state index is 0.0156. The van der Waals surface area contributed by atoms with E-state index in [4.69, 9.17) is 22.3 Å². The molecule has 0 aliphatic carbocycles. The zero-order chi connectivity index (χ0) is 15.8. The first-order chi connectivity index (χ1) is 9.70. The third-order valence-corrected chi connectivity index (χ3v) is 5.64. The molecule has 1 saturated heterocycles. The van der Waals surface area contributed by atoms with E-state index >= 15 is 0 Å². The molecule has 21 heavy (non-hydrogen) atoms. The molecule has 1 heterocycles. The highest BCUT2D eigenvalue weighted by Crippen LogP contribution is 2.28. The van der Waals surface area contributed by atoms with Crippen LogP contribution in [0.4, 0.5) is 0 Å². The van der Waals surface area contributed by atoms with Crippen molar-refractivity contribution in [3.63, 3.8) is 0 Å². The number of carbonyl (C=O) groups is 1. The normalized spacial score (nSPS) is 23.1. The Bertz CT molecular complexity index is 660. The molecule has 2 unspecified atom stereocenters. The van der Waals surface area contributed by atoms with Crippen LogP contribution in [0.2, 0.25) is 5.02 Å². The molecule has 1 aromatic rings. The molecule has 4 nitrogen and oxygen atoms in total. The lowest BCUT2D eigenvalue weighted by atomic mass is 9.93. The molecule has 7 heteroatoms. The predicted molar refractivity (Wildman–Crippen MR) is 83.4 cm³/mol. The molecule has 1 aromatic carbocycles. The smallest absolute Gasteiger partial charge is 0.262 e. The van der Waals surface area contributed by atoms with Crippen LogP contribution in [0, 0.1) is 5.92 Å². The lowest BCUT2D eigenvalue weighted by Gasteiger charge is -2.36. The van der Waals surface area contributed by atoms with E-state index in [1.165, 1.54) is 18.2 Å². The fourth-order valence-electron chi connectivity index (χ4n) is 2.70. The molecule has 1 aliphatic rings. The van der Waals surface area contributed by atoms with Crippen LogP contribution in [-0.4, -0.2) is 31.8 Å². The minimum Gasteiger partial charge on any atom is -0.336 e. The Kier molecular flexibility index (Phi) is 4.85. The molecule has 1 fully saturated rings. The molecule has 0 spiro atoms. The van der Waals surface area contributed by atoms with Gasteiger partial charge in [-0.05, 0) is 43.9 Å². The second kappa shape index (κ2) is 6.15. The van der Waals surface area contributed by atoms with Gasteiger partial charge in [0.1, 0.15) is 4.90 Å². The number of hydrogen-bond donors (Lipinski definition) is 0. The van der Waals surface area contributed by atoms with Gasteiger partial charge < -0.3 is 4.90 Å². The third kappa shape index (κ3) is 3.71. The van der Waals surface area contributed by atoms with Gasteiger partial charge in [0.2, 0.25) is 0 Å². The average molecular weight is 350 g/mol. The van der Waals surface area contributed by atoms with Gasteiger partial charge in [0.15, 0.2) is 0 Å². The molecule has 2 atom stereocenters. The first-order valence-electron chi connectivity index (χ1n) is 6.75. The van der Waals surface area contributed by atoms with E-state index in [0.29, 0.717) is 18.0 Å². The van der Waals surface area contributed by atoms with E-state index in [0.717, 1.165) is 12.8 Å². The number of nitrogens with zero attached hydrogens (tertiary/aromatic N) is 1. The van der Waals surface area contributed by atoms with E-state index in [9.17, 15) is 13.2 Å². The summed E-state index contributed by atoms with van der Waals surface area (Å²) in [4.78, 5) is 14.1. The van der Waals surface area contributed by atoms with Crippen molar-refractivity contribution in [1.82, 2.24) is 4.90 Å². The molecular formula is C14H17Cl2NO3S. The summed E-state index contributed by atoms with van der Waals surface area (Å²) in [5.74, 6) is 0.403. The fourth-order valence-corrected chi connectivity index (χ4v) is 4.19. The lowest BCUT2D eigenvalue weighted by Crippen LogP contribution is -2.44. The Labute approximate surface area is 134 Å². The van der Waals surface area contributed by atoms with Crippen LogP contribution in [0.3, 0.4) is 0 Å². The Morgan fingerprint density at radius 2 is 2.00 bits per heavy atom. The first-order valence-corrected chi connectivity index (χ1v) is 9.44. The summed E-state index contributed by atoms with van der Waals surface area (Å²) in [6.07, 6.45) is 1.89. The number of hydrogen-bond acceptors (Lipinski definition) is 3. The van der Waals surface area contributed by atoms with E-state index < -0.39 is 9.05 Å². The third-order valence-electron chi connectivity index (χ3n) is 3.84. The van der Waals surface area contributed by atoms with Crippen LogP contribution >= 0.6 is 22.3 Å². The number of carbonyl (C=O) groups excluding carboxylic acids is 1. The number of piperidine rings is 1. The monoisotopic (exact) mass is 349 g/mol. The summed E-state index contributed by atoms with van der Waals surface area (Å²) >= 11 is 5.83. The fraction of sp³-hybridized carbons (Fsp3) is 0.500. The van der Waals surface area contributed by atoms with Crippen molar-refractivity contribution >= 4 is 37.2 Å². The topological polar surface area (TPSA) is 54.5 Å². The standard InChI is InChI=1S/C14H17Cl2NO3S/c1-9-5-6-17(10(2)7-9)14(18)11-3-4-12(15)13(8-11)21(16,19)20/h3-4,8-10H,5-7H2,1-2H3. The largest absolute Gasteiger partial charge is 0.336 e. The summed E-state index contributed by atoms with van der Waals surface area (Å²) in [6.45, 7) is 4.84. The maximum atomic E-state index is 12.6. The van der Waals surface area contributed by atoms with Gasteiger partial charge in [-0.3, -0.25) is 4.79 Å². The van der Waals surface area contributed by atoms with Gasteiger partial charge in [-0.25, -0.2) is 8.42 Å². The Morgan fingerprint density at radius 1 is 1.33 bits per heavy atom. The molecule has 1 aliphatic heterocycles. The summed E-state index contributed by atoms with van der Waals surface area (Å²) in [5.41, 5.74) is 0.292. The first kappa shape index (κ1) is 16.6. The van der Waals surface area contributed by atoms with Gasteiger partial charge in [-0.2, -0.15) is 0 Å². The minimum atomic E-state index is -3.97. The summed E-state index contributed by atoms with van der Waals surface area (Å²) < 4.78 is 22.9. The molecule has 116 valence electrons. The number of rotatable bonds is 2. The van der Waals surface area contributed by atoms with Crippen LogP contribution in [-0.2, 0) is 9.05 Å². The van der Waals surface area contributed by atoms with Gasteiger partial charge >= 0.3 is 0 Å². The van der Waals surface area contributed by atoms with Gasteiger partial charge in [0.25, 0.3) is 15.0 Å². The predicted octanol–water partition coefficient (Wildman–Crippen LogP) is 3.53. The molecule has 0 bridgehead atoms. The van der Waals surface area contributed by atoms with Crippen molar-refractivity contribution in [3.8, 4) is 0 Å². The van der Waals surface area contributed by atoms with Crippen molar-refractivity contribution in [2.45, 2.75) is 37.6 Å². The van der Waals surface area contributed by atoms with Gasteiger partial charge in [-0.15, -0.1) is 0 Å². The molecule has 0 saturated carbocycles. The highest BCUT2D eigenvalue weighted by atomic mass is 35.7. The van der Waals surface area contributed by atoms with E-state index in [1.54, 1.807) is 4.90 Å². The zero-order valence-electron chi connectivity index (χ0n) is 11.8. The quantitative estimate of drug-likeness (QED) is 0.767. The molecule has 1 amide bonds. The van der Waals surface area contributed by atoms with Crippen molar-refractivity contribution < 1.29 is 13.2 Å². The highest BCUT2D eigenvalue weighted by molar-refractivity contribution is 8.13. The van der Waals surface area contributed by atoms with E-state index in [2.05, 4.69) is 6.92 Å². The molecule has 0 aromatic heterocycles. The zero-order valence-corrected chi connectivity index (χ0v) is 14.2. The van der Waals surface area contributed by atoms with Crippen LogP contribution in [0.5, 0.6) is 0 Å². The maximum Gasteiger partial charge on any atom is 0.262 e. The van der Waals surface area contributed by atoms with Crippen molar-refractivity contribution in [1.29, 1.82) is 0 Å². The molecule has 2 rings (SSSR count). The van der Waals surface area contributed by atoms with Crippen LogP contribution in [0.1, 0.15) is 37.0 Å². The lowest BCUT2D eigenvalue weighted by molar-refractivity contribution is 0.0588. The summed E-state index contributed by atoms with van der Waals surface area (Å²) in [6, 6.07) is 4.30. The van der Waals surface area contributed by atoms with E-state index in [1.807, 2.05) is 6.92 Å².